The van der Waals surface area contributed by atoms with Gasteiger partial charge in [0.2, 0.25) is 0 Å². The van der Waals surface area contributed by atoms with Crippen LogP contribution in [0.3, 0.4) is 0 Å². The number of hydrogen-bond donors (Lipinski definition) is 1. The van der Waals surface area contributed by atoms with Gasteiger partial charge in [-0.25, -0.2) is 0 Å². The van der Waals surface area contributed by atoms with E-state index < -0.39 is 4.92 Å². The molecule has 0 aliphatic heterocycles. The van der Waals surface area contributed by atoms with Crippen LogP contribution in [0.1, 0.15) is 5.56 Å². The van der Waals surface area contributed by atoms with Crippen molar-refractivity contribution in [1.82, 2.24) is 0 Å². The minimum atomic E-state index is -0.414. The van der Waals surface area contributed by atoms with Crippen LogP contribution in [-0.2, 0) is 6.54 Å². The van der Waals surface area contributed by atoms with Crippen LogP contribution in [-0.4, -0.2) is 12.0 Å². The van der Waals surface area contributed by atoms with Crippen LogP contribution >= 0.6 is 15.9 Å². The van der Waals surface area contributed by atoms with Crippen molar-refractivity contribution in [2.75, 3.05) is 12.4 Å². The maximum atomic E-state index is 10.7. The minimum Gasteiger partial charge on any atom is -0.495 e. The van der Waals surface area contributed by atoms with E-state index in [2.05, 4.69) is 21.2 Å². The Morgan fingerprint density at radius 1 is 1.30 bits per heavy atom. The second-order valence-corrected chi connectivity index (χ2v) is 4.94. The number of ether oxygens (including phenoxy) is 1. The Hall–Kier alpha value is -2.08. The molecule has 0 saturated carbocycles. The summed E-state index contributed by atoms with van der Waals surface area (Å²) in [6, 6.07) is 12.3. The molecule has 1 N–H and O–H groups in total. The summed E-state index contributed by atoms with van der Waals surface area (Å²) in [5, 5.41) is 13.9. The molecule has 2 aromatic carbocycles. The topological polar surface area (TPSA) is 64.4 Å². The van der Waals surface area contributed by atoms with Crippen molar-refractivity contribution in [2.45, 2.75) is 6.54 Å². The summed E-state index contributed by atoms with van der Waals surface area (Å²) in [7, 11) is 1.61. The minimum absolute atomic E-state index is 0.0675. The van der Waals surface area contributed by atoms with Crippen molar-refractivity contribution in [3.8, 4) is 5.75 Å². The molecule has 0 aliphatic carbocycles. The zero-order valence-corrected chi connectivity index (χ0v) is 12.4. The van der Waals surface area contributed by atoms with Crippen LogP contribution in [0.4, 0.5) is 11.4 Å². The largest absolute Gasteiger partial charge is 0.495 e. The molecule has 0 heterocycles. The van der Waals surface area contributed by atoms with E-state index in [9.17, 15) is 10.1 Å². The SMILES string of the molecule is COc1ccccc1NCc1ccc([N+](=O)[O-])cc1Br. The molecule has 20 heavy (non-hydrogen) atoms. The van der Waals surface area contributed by atoms with Gasteiger partial charge in [-0.3, -0.25) is 10.1 Å². The standard InChI is InChI=1S/C14H13BrN2O3/c1-20-14-5-3-2-4-13(14)16-9-10-6-7-11(17(18)19)8-12(10)15/h2-8,16H,9H2,1H3. The first kappa shape index (κ1) is 14.3. The molecule has 6 heteroatoms. The third-order valence-electron chi connectivity index (χ3n) is 2.82. The summed E-state index contributed by atoms with van der Waals surface area (Å²) in [4.78, 5) is 10.3. The maximum Gasteiger partial charge on any atom is 0.270 e. The highest BCUT2D eigenvalue weighted by atomic mass is 79.9. The number of nitro groups is 1. The number of anilines is 1. The van der Waals surface area contributed by atoms with E-state index in [4.69, 9.17) is 4.74 Å². The van der Waals surface area contributed by atoms with Gasteiger partial charge in [0.05, 0.1) is 17.7 Å². The fourth-order valence-electron chi connectivity index (χ4n) is 1.77. The molecular formula is C14H13BrN2O3. The Bertz CT molecular complexity index is 632. The zero-order valence-electron chi connectivity index (χ0n) is 10.8. The normalized spacial score (nSPS) is 10.1. The maximum absolute atomic E-state index is 10.7. The Kier molecular flexibility index (Phi) is 4.57. The van der Waals surface area contributed by atoms with E-state index in [1.54, 1.807) is 13.2 Å². The van der Waals surface area contributed by atoms with E-state index in [1.165, 1.54) is 12.1 Å². The molecule has 0 fully saturated rings. The van der Waals surface area contributed by atoms with E-state index >= 15 is 0 Å². The molecule has 0 aromatic heterocycles. The summed E-state index contributed by atoms with van der Waals surface area (Å²) in [6.07, 6.45) is 0. The first-order chi connectivity index (χ1) is 9.61. The van der Waals surface area contributed by atoms with Crippen LogP contribution in [0.15, 0.2) is 46.9 Å². The number of para-hydroxylation sites is 2. The molecule has 0 unspecified atom stereocenters. The molecule has 0 spiro atoms. The molecule has 0 radical (unpaired) electrons. The van der Waals surface area contributed by atoms with Crippen molar-refractivity contribution in [3.63, 3.8) is 0 Å². The molecule has 5 nitrogen and oxygen atoms in total. The third kappa shape index (κ3) is 3.27. The van der Waals surface area contributed by atoms with Gasteiger partial charge in [-0.05, 0) is 23.8 Å². The molecule has 0 aliphatic rings. The van der Waals surface area contributed by atoms with Gasteiger partial charge in [-0.15, -0.1) is 0 Å². The van der Waals surface area contributed by atoms with Crippen LogP contribution in [0, 0.1) is 10.1 Å². The predicted octanol–water partition coefficient (Wildman–Crippen LogP) is 3.98. The van der Waals surface area contributed by atoms with E-state index in [-0.39, 0.29) is 5.69 Å². The monoisotopic (exact) mass is 336 g/mol. The van der Waals surface area contributed by atoms with Gasteiger partial charge < -0.3 is 10.1 Å². The highest BCUT2D eigenvalue weighted by molar-refractivity contribution is 9.10. The molecule has 2 aromatic rings. The molecule has 104 valence electrons. The van der Waals surface area contributed by atoms with Gasteiger partial charge in [0, 0.05) is 23.2 Å². The molecule has 2 rings (SSSR count). The quantitative estimate of drug-likeness (QED) is 0.662. The Balaban J connectivity index is 2.13. The first-order valence-corrected chi connectivity index (χ1v) is 6.71. The average Bonchev–Trinajstić information content (AvgIpc) is 2.46. The molecule has 0 saturated heterocycles. The number of rotatable bonds is 5. The van der Waals surface area contributed by atoms with Crippen LogP contribution < -0.4 is 10.1 Å². The van der Waals surface area contributed by atoms with Gasteiger partial charge in [-0.2, -0.15) is 0 Å². The number of non-ortho nitro benzene ring substituents is 1. The Morgan fingerprint density at radius 2 is 2.05 bits per heavy atom. The average molecular weight is 337 g/mol. The van der Waals surface area contributed by atoms with Crippen LogP contribution in [0.2, 0.25) is 0 Å². The van der Waals surface area contributed by atoms with Gasteiger partial charge in [0.15, 0.2) is 0 Å². The lowest BCUT2D eigenvalue weighted by molar-refractivity contribution is -0.384. The van der Waals surface area contributed by atoms with Crippen molar-refractivity contribution in [1.29, 1.82) is 0 Å². The number of methoxy groups -OCH3 is 1. The summed E-state index contributed by atoms with van der Waals surface area (Å²) in [5.74, 6) is 0.755. The number of benzene rings is 2. The summed E-state index contributed by atoms with van der Waals surface area (Å²) in [5.41, 5.74) is 1.87. The number of halogens is 1. The number of nitrogens with zero attached hydrogens (tertiary/aromatic N) is 1. The molecule has 0 amide bonds. The second kappa shape index (κ2) is 6.38. The van der Waals surface area contributed by atoms with E-state index in [0.717, 1.165) is 17.0 Å². The van der Waals surface area contributed by atoms with E-state index in [0.29, 0.717) is 11.0 Å². The van der Waals surface area contributed by atoms with Gasteiger partial charge >= 0.3 is 0 Å². The molecule has 0 bridgehead atoms. The van der Waals surface area contributed by atoms with Crippen molar-refractivity contribution in [2.24, 2.45) is 0 Å². The van der Waals surface area contributed by atoms with E-state index in [1.807, 2.05) is 24.3 Å². The lowest BCUT2D eigenvalue weighted by Gasteiger charge is -2.11. The number of nitro benzene ring substituents is 1. The van der Waals surface area contributed by atoms with Crippen LogP contribution in [0.5, 0.6) is 5.75 Å². The lowest BCUT2D eigenvalue weighted by Crippen LogP contribution is -2.02. The number of hydrogen-bond acceptors (Lipinski definition) is 4. The van der Waals surface area contributed by atoms with Crippen LogP contribution in [0.25, 0.3) is 0 Å². The summed E-state index contributed by atoms with van der Waals surface area (Å²) in [6.45, 7) is 0.541. The molecular weight excluding hydrogens is 324 g/mol. The highest BCUT2D eigenvalue weighted by Gasteiger charge is 2.09. The fraction of sp³-hybridized carbons (Fsp3) is 0.143. The van der Waals surface area contributed by atoms with Gasteiger partial charge in [0.1, 0.15) is 5.75 Å². The fourth-order valence-corrected chi connectivity index (χ4v) is 2.28. The van der Waals surface area contributed by atoms with Gasteiger partial charge in [-0.1, -0.05) is 28.1 Å². The van der Waals surface area contributed by atoms with Crippen molar-refractivity contribution >= 4 is 27.3 Å². The molecule has 0 atom stereocenters. The summed E-state index contributed by atoms with van der Waals surface area (Å²) < 4.78 is 5.95. The first-order valence-electron chi connectivity index (χ1n) is 5.91. The second-order valence-electron chi connectivity index (χ2n) is 4.09. The Labute approximate surface area is 124 Å². The predicted molar refractivity (Wildman–Crippen MR) is 81.1 cm³/mol. The zero-order chi connectivity index (χ0) is 14.5. The third-order valence-corrected chi connectivity index (χ3v) is 3.56. The highest BCUT2D eigenvalue weighted by Crippen LogP contribution is 2.26. The van der Waals surface area contributed by atoms with Crippen molar-refractivity contribution < 1.29 is 9.66 Å². The summed E-state index contributed by atoms with van der Waals surface area (Å²) >= 11 is 3.35. The lowest BCUT2D eigenvalue weighted by atomic mass is 10.2. The number of nitrogens with one attached hydrogen (secondary N) is 1. The smallest absolute Gasteiger partial charge is 0.270 e. The van der Waals surface area contributed by atoms with Gasteiger partial charge in [0.25, 0.3) is 5.69 Å². The Morgan fingerprint density at radius 3 is 2.70 bits per heavy atom. The van der Waals surface area contributed by atoms with Crippen molar-refractivity contribution in [3.05, 3.63) is 62.6 Å².